The summed E-state index contributed by atoms with van der Waals surface area (Å²) in [5.74, 6) is 0.851. The molecule has 0 aliphatic heterocycles. The number of thiocarbonyl (C=S) groups is 1. The Morgan fingerprint density at radius 1 is 1.22 bits per heavy atom. The van der Waals surface area contributed by atoms with Crippen LogP contribution in [0.1, 0.15) is 20.3 Å². The fourth-order valence-corrected chi connectivity index (χ4v) is 1.97. The highest BCUT2D eigenvalue weighted by molar-refractivity contribution is 7.82. The Labute approximate surface area is 142 Å². The molecule has 0 unspecified atom stereocenters. The number of amides is 1. The summed E-state index contributed by atoms with van der Waals surface area (Å²) in [4.78, 5) is 12.0. The van der Waals surface area contributed by atoms with E-state index in [9.17, 15) is 4.79 Å². The smallest absolute Gasteiger partial charge is 0.279 e. The van der Waals surface area contributed by atoms with Crippen LogP contribution < -0.4 is 20.1 Å². The molecule has 7 heteroatoms. The Morgan fingerprint density at radius 2 is 1.91 bits per heavy atom. The van der Waals surface area contributed by atoms with E-state index in [4.69, 9.17) is 26.4 Å². The van der Waals surface area contributed by atoms with Gasteiger partial charge in [0.2, 0.25) is 0 Å². The molecular formula is C16H24N2O4S. The highest BCUT2D eigenvalue weighted by atomic mass is 32.1. The van der Waals surface area contributed by atoms with Gasteiger partial charge in [0.1, 0.15) is 0 Å². The van der Waals surface area contributed by atoms with Crippen LogP contribution in [0, 0.1) is 0 Å². The van der Waals surface area contributed by atoms with Gasteiger partial charge >= 0.3 is 0 Å². The molecular weight excluding hydrogens is 316 g/mol. The normalized spacial score (nSPS) is 10.3. The summed E-state index contributed by atoms with van der Waals surface area (Å²) in [7, 11) is 3.11. The maximum atomic E-state index is 11.9. The van der Waals surface area contributed by atoms with Crippen molar-refractivity contribution in [2.24, 2.45) is 0 Å². The zero-order valence-corrected chi connectivity index (χ0v) is 14.8. The molecule has 0 heterocycles. The van der Waals surface area contributed by atoms with Gasteiger partial charge < -0.3 is 24.8 Å². The fourth-order valence-electron chi connectivity index (χ4n) is 1.78. The van der Waals surface area contributed by atoms with E-state index < -0.39 is 0 Å². The van der Waals surface area contributed by atoms with Gasteiger partial charge in [0.25, 0.3) is 5.91 Å². The van der Waals surface area contributed by atoms with Crippen LogP contribution >= 0.6 is 12.2 Å². The lowest BCUT2D eigenvalue weighted by molar-refractivity contribution is -0.114. The summed E-state index contributed by atoms with van der Waals surface area (Å²) in [5.41, 5.74) is 0.658. The Hall–Kier alpha value is -1.86. The number of rotatable bonds is 8. The summed E-state index contributed by atoms with van der Waals surface area (Å²) in [6.07, 6.45) is 0.932. The van der Waals surface area contributed by atoms with Crippen LogP contribution in [-0.2, 0) is 9.53 Å². The minimum Gasteiger partial charge on any atom is -0.493 e. The van der Waals surface area contributed by atoms with Crippen LogP contribution in [0.15, 0.2) is 18.2 Å². The molecule has 0 spiro atoms. The SMILES string of the molecule is COc1ccc(NC(=S)C(=O)NCCCOC(C)C)cc1OC. The van der Waals surface area contributed by atoms with E-state index in [1.54, 1.807) is 32.4 Å². The predicted molar refractivity (Wildman–Crippen MR) is 94.5 cm³/mol. The molecule has 23 heavy (non-hydrogen) atoms. The molecule has 1 amide bonds. The molecule has 0 saturated heterocycles. The first-order valence-corrected chi connectivity index (χ1v) is 7.81. The molecule has 0 saturated carbocycles. The predicted octanol–water partition coefficient (Wildman–Crippen LogP) is 2.37. The number of anilines is 1. The van der Waals surface area contributed by atoms with Crippen LogP contribution in [0.25, 0.3) is 0 Å². The van der Waals surface area contributed by atoms with E-state index in [1.807, 2.05) is 13.8 Å². The number of carbonyl (C=O) groups excluding carboxylic acids is 1. The lowest BCUT2D eigenvalue weighted by Crippen LogP contribution is -2.35. The third kappa shape index (κ3) is 6.83. The van der Waals surface area contributed by atoms with Crippen molar-refractivity contribution in [3.05, 3.63) is 18.2 Å². The van der Waals surface area contributed by atoms with Gasteiger partial charge in [-0.05, 0) is 32.4 Å². The van der Waals surface area contributed by atoms with E-state index in [0.717, 1.165) is 6.42 Å². The van der Waals surface area contributed by atoms with Gasteiger partial charge in [-0.25, -0.2) is 0 Å². The zero-order valence-electron chi connectivity index (χ0n) is 14.0. The molecule has 0 radical (unpaired) electrons. The summed E-state index contributed by atoms with van der Waals surface area (Å²) in [6.45, 7) is 5.06. The van der Waals surface area contributed by atoms with Crippen molar-refractivity contribution in [1.29, 1.82) is 0 Å². The number of methoxy groups -OCH3 is 2. The maximum absolute atomic E-state index is 11.9. The second kappa shape index (κ2) is 10.0. The lowest BCUT2D eigenvalue weighted by Gasteiger charge is -2.12. The van der Waals surface area contributed by atoms with E-state index in [2.05, 4.69) is 10.6 Å². The second-order valence-electron chi connectivity index (χ2n) is 5.05. The van der Waals surface area contributed by atoms with Gasteiger partial charge in [-0.15, -0.1) is 0 Å². The Bertz CT molecular complexity index is 535. The lowest BCUT2D eigenvalue weighted by atomic mass is 10.2. The number of nitrogens with one attached hydrogen (secondary N) is 2. The topological polar surface area (TPSA) is 68.8 Å². The molecule has 0 bridgehead atoms. The van der Waals surface area contributed by atoms with E-state index in [0.29, 0.717) is 30.3 Å². The van der Waals surface area contributed by atoms with Crippen LogP contribution in [-0.4, -0.2) is 44.4 Å². The first kappa shape index (κ1) is 19.2. The van der Waals surface area contributed by atoms with Gasteiger partial charge in [-0.1, -0.05) is 12.2 Å². The number of carbonyl (C=O) groups is 1. The molecule has 0 atom stereocenters. The number of hydrogen-bond acceptors (Lipinski definition) is 5. The van der Waals surface area contributed by atoms with Crippen molar-refractivity contribution in [2.75, 3.05) is 32.7 Å². The fraction of sp³-hybridized carbons (Fsp3) is 0.500. The van der Waals surface area contributed by atoms with E-state index >= 15 is 0 Å². The third-order valence-corrected chi connectivity index (χ3v) is 3.19. The van der Waals surface area contributed by atoms with Crippen molar-refractivity contribution in [3.8, 4) is 11.5 Å². The molecule has 6 nitrogen and oxygen atoms in total. The highest BCUT2D eigenvalue weighted by Gasteiger charge is 2.11. The molecule has 1 aromatic carbocycles. The van der Waals surface area contributed by atoms with Gasteiger partial charge in [0.15, 0.2) is 16.5 Å². The summed E-state index contributed by atoms with van der Waals surface area (Å²) in [6, 6.07) is 5.22. The monoisotopic (exact) mass is 340 g/mol. The Balaban J connectivity index is 2.44. The molecule has 2 N–H and O–H groups in total. The molecule has 1 rings (SSSR count). The zero-order chi connectivity index (χ0) is 17.2. The number of ether oxygens (including phenoxy) is 3. The van der Waals surface area contributed by atoms with Crippen LogP contribution in [0.3, 0.4) is 0 Å². The highest BCUT2D eigenvalue weighted by Crippen LogP contribution is 2.29. The van der Waals surface area contributed by atoms with Crippen LogP contribution in [0.5, 0.6) is 11.5 Å². The van der Waals surface area contributed by atoms with Crippen molar-refractivity contribution in [3.63, 3.8) is 0 Å². The number of hydrogen-bond donors (Lipinski definition) is 2. The number of benzene rings is 1. The van der Waals surface area contributed by atoms with E-state index in [-0.39, 0.29) is 17.0 Å². The summed E-state index contributed by atoms with van der Waals surface area (Å²) < 4.78 is 15.8. The average Bonchev–Trinajstić information content (AvgIpc) is 2.53. The molecule has 0 aliphatic carbocycles. The Kier molecular flexibility index (Phi) is 8.36. The first-order chi connectivity index (χ1) is 11.0. The largest absolute Gasteiger partial charge is 0.493 e. The van der Waals surface area contributed by atoms with Crippen molar-refractivity contribution in [1.82, 2.24) is 5.32 Å². The molecule has 0 aliphatic rings. The maximum Gasteiger partial charge on any atom is 0.279 e. The second-order valence-corrected chi connectivity index (χ2v) is 5.46. The average molecular weight is 340 g/mol. The first-order valence-electron chi connectivity index (χ1n) is 7.40. The van der Waals surface area contributed by atoms with Crippen molar-refractivity contribution < 1.29 is 19.0 Å². The molecule has 0 fully saturated rings. The minimum atomic E-state index is -0.320. The molecule has 1 aromatic rings. The molecule has 128 valence electrons. The molecule has 0 aromatic heterocycles. The Morgan fingerprint density at radius 3 is 2.52 bits per heavy atom. The summed E-state index contributed by atoms with van der Waals surface area (Å²) in [5, 5.41) is 5.63. The van der Waals surface area contributed by atoms with Gasteiger partial charge in [-0.2, -0.15) is 0 Å². The van der Waals surface area contributed by atoms with Gasteiger partial charge in [0, 0.05) is 24.9 Å². The third-order valence-electron chi connectivity index (χ3n) is 2.91. The quantitative estimate of drug-likeness (QED) is 0.559. The van der Waals surface area contributed by atoms with Crippen LogP contribution in [0.4, 0.5) is 5.69 Å². The van der Waals surface area contributed by atoms with E-state index in [1.165, 1.54) is 0 Å². The van der Waals surface area contributed by atoms with Crippen molar-refractivity contribution >= 4 is 28.8 Å². The van der Waals surface area contributed by atoms with Gasteiger partial charge in [0.05, 0.1) is 20.3 Å². The summed E-state index contributed by atoms with van der Waals surface area (Å²) >= 11 is 5.09. The van der Waals surface area contributed by atoms with Crippen molar-refractivity contribution in [2.45, 2.75) is 26.4 Å². The van der Waals surface area contributed by atoms with Gasteiger partial charge in [-0.3, -0.25) is 4.79 Å². The minimum absolute atomic E-state index is 0.0991. The van der Waals surface area contributed by atoms with Crippen LogP contribution in [0.2, 0.25) is 0 Å². The standard InChI is InChI=1S/C16H24N2O4S/c1-11(2)22-9-5-8-17-15(19)16(23)18-12-6-7-13(20-3)14(10-12)21-4/h6-7,10-11H,5,8-9H2,1-4H3,(H,17,19)(H,18,23).